The molecule has 5 rings (SSSR count). The van der Waals surface area contributed by atoms with Crippen molar-refractivity contribution in [3.05, 3.63) is 53.2 Å². The normalized spacial score (nSPS) is 15.5. The first-order chi connectivity index (χ1) is 14.6. The minimum absolute atomic E-state index is 0.162. The molecule has 1 atom stereocenters. The predicted octanol–water partition coefficient (Wildman–Crippen LogP) is 3.96. The van der Waals surface area contributed by atoms with E-state index in [4.69, 9.17) is 14.2 Å². The van der Waals surface area contributed by atoms with Gasteiger partial charge in [-0.2, -0.15) is 0 Å². The number of H-pyrrole nitrogens is 1. The number of hydrogen-bond acceptors (Lipinski definition) is 5. The lowest BCUT2D eigenvalue weighted by Gasteiger charge is -2.14. The molecule has 0 saturated heterocycles. The summed E-state index contributed by atoms with van der Waals surface area (Å²) in [5.41, 5.74) is 4.58. The van der Waals surface area contributed by atoms with E-state index in [2.05, 4.69) is 10.3 Å². The van der Waals surface area contributed by atoms with Crippen molar-refractivity contribution >= 4 is 28.5 Å². The van der Waals surface area contributed by atoms with Gasteiger partial charge >= 0.3 is 5.97 Å². The molecule has 1 aliphatic heterocycles. The van der Waals surface area contributed by atoms with Crippen LogP contribution < -0.4 is 14.8 Å². The van der Waals surface area contributed by atoms with E-state index < -0.39 is 18.0 Å². The number of carbonyl (C=O) groups is 2. The number of benzene rings is 2. The number of rotatable bonds is 4. The van der Waals surface area contributed by atoms with Crippen LogP contribution in [0.1, 0.15) is 41.4 Å². The van der Waals surface area contributed by atoms with Crippen molar-refractivity contribution < 1.29 is 23.8 Å². The largest absolute Gasteiger partial charge is 0.454 e. The van der Waals surface area contributed by atoms with Crippen LogP contribution in [0.2, 0.25) is 0 Å². The Hall–Kier alpha value is -3.48. The lowest BCUT2D eigenvalue weighted by atomic mass is 9.95. The molecule has 1 amide bonds. The molecule has 30 heavy (non-hydrogen) atoms. The fraction of sp³-hybridized carbons (Fsp3) is 0.304. The first-order valence-electron chi connectivity index (χ1n) is 10.1. The number of aromatic nitrogens is 1. The summed E-state index contributed by atoms with van der Waals surface area (Å²) in [5, 5.41) is 3.80. The molecule has 3 aromatic rings. The van der Waals surface area contributed by atoms with Crippen LogP contribution in [-0.2, 0) is 22.4 Å². The van der Waals surface area contributed by atoms with E-state index in [1.54, 1.807) is 31.2 Å². The van der Waals surface area contributed by atoms with E-state index in [9.17, 15) is 9.59 Å². The molecule has 7 heteroatoms. The van der Waals surface area contributed by atoms with Gasteiger partial charge in [0.15, 0.2) is 17.6 Å². The van der Waals surface area contributed by atoms with E-state index in [-0.39, 0.29) is 6.79 Å². The molecule has 0 unspecified atom stereocenters. The molecule has 0 bridgehead atoms. The zero-order valence-electron chi connectivity index (χ0n) is 16.6. The van der Waals surface area contributed by atoms with Crippen molar-refractivity contribution in [2.45, 2.75) is 38.7 Å². The van der Waals surface area contributed by atoms with Crippen LogP contribution in [0.4, 0.5) is 5.69 Å². The lowest BCUT2D eigenvalue weighted by molar-refractivity contribution is -0.123. The number of amides is 1. The molecule has 2 N–H and O–H groups in total. The van der Waals surface area contributed by atoms with Crippen LogP contribution in [0.3, 0.4) is 0 Å². The minimum atomic E-state index is -0.946. The second kappa shape index (κ2) is 7.40. The van der Waals surface area contributed by atoms with Gasteiger partial charge < -0.3 is 24.5 Å². The third-order valence-electron chi connectivity index (χ3n) is 5.63. The summed E-state index contributed by atoms with van der Waals surface area (Å²) in [6.07, 6.45) is 3.46. The van der Waals surface area contributed by atoms with Gasteiger partial charge in [0.1, 0.15) is 0 Å². The Labute approximate surface area is 173 Å². The average Bonchev–Trinajstić information content (AvgIpc) is 3.37. The third kappa shape index (κ3) is 3.36. The molecule has 154 valence electrons. The summed E-state index contributed by atoms with van der Waals surface area (Å²) < 4.78 is 16.0. The second-order valence-electron chi connectivity index (χ2n) is 7.65. The molecule has 0 fully saturated rings. The highest BCUT2D eigenvalue weighted by molar-refractivity contribution is 5.99. The van der Waals surface area contributed by atoms with Crippen LogP contribution >= 0.6 is 0 Å². The maximum atomic E-state index is 12.7. The van der Waals surface area contributed by atoms with E-state index in [1.165, 1.54) is 17.7 Å². The van der Waals surface area contributed by atoms with Gasteiger partial charge in [-0.1, -0.05) is 0 Å². The fourth-order valence-electron chi connectivity index (χ4n) is 4.03. The molecule has 0 spiro atoms. The Morgan fingerprint density at radius 2 is 1.90 bits per heavy atom. The number of aryl methyl sites for hydroxylation is 2. The monoisotopic (exact) mass is 406 g/mol. The number of anilines is 1. The Bertz CT molecular complexity index is 1150. The summed E-state index contributed by atoms with van der Waals surface area (Å²) in [4.78, 5) is 28.6. The van der Waals surface area contributed by atoms with Crippen LogP contribution in [0.5, 0.6) is 11.5 Å². The SMILES string of the molecule is C[C@@H](OC(=O)c1ccc2[nH]c3c(c2c1)CCCC3)C(=O)Nc1ccc2c(c1)OCO2. The van der Waals surface area contributed by atoms with E-state index in [1.807, 2.05) is 12.1 Å². The van der Waals surface area contributed by atoms with Crippen molar-refractivity contribution in [2.75, 3.05) is 12.1 Å². The Kier molecular flexibility index (Phi) is 4.58. The van der Waals surface area contributed by atoms with Gasteiger partial charge in [0, 0.05) is 28.4 Å². The number of esters is 1. The average molecular weight is 406 g/mol. The van der Waals surface area contributed by atoms with Gasteiger partial charge in [0.2, 0.25) is 6.79 Å². The topological polar surface area (TPSA) is 89.7 Å². The number of aromatic amines is 1. The quantitative estimate of drug-likeness (QED) is 0.640. The van der Waals surface area contributed by atoms with Gasteiger partial charge in [0.05, 0.1) is 5.56 Å². The highest BCUT2D eigenvalue weighted by atomic mass is 16.7. The van der Waals surface area contributed by atoms with Crippen molar-refractivity contribution in [3.8, 4) is 11.5 Å². The molecule has 7 nitrogen and oxygen atoms in total. The zero-order chi connectivity index (χ0) is 20.7. The van der Waals surface area contributed by atoms with Crippen molar-refractivity contribution in [3.63, 3.8) is 0 Å². The molecular weight excluding hydrogens is 384 g/mol. The highest BCUT2D eigenvalue weighted by Crippen LogP contribution is 2.34. The smallest absolute Gasteiger partial charge is 0.338 e. The number of hydrogen-bond donors (Lipinski definition) is 2. The molecular formula is C23H22N2O5. The summed E-state index contributed by atoms with van der Waals surface area (Å²) >= 11 is 0. The van der Waals surface area contributed by atoms with E-state index in [0.29, 0.717) is 22.7 Å². The first kappa shape index (κ1) is 18.5. The first-order valence-corrected chi connectivity index (χ1v) is 10.1. The fourth-order valence-corrected chi connectivity index (χ4v) is 4.03. The number of carbonyl (C=O) groups excluding carboxylic acids is 2. The van der Waals surface area contributed by atoms with Crippen molar-refractivity contribution in [2.24, 2.45) is 0 Å². The van der Waals surface area contributed by atoms with Crippen LogP contribution in [0, 0.1) is 0 Å². The molecule has 1 aliphatic carbocycles. The summed E-state index contributed by atoms with van der Waals surface area (Å²) in [7, 11) is 0. The van der Waals surface area contributed by atoms with Gasteiger partial charge in [-0.15, -0.1) is 0 Å². The van der Waals surface area contributed by atoms with E-state index >= 15 is 0 Å². The van der Waals surface area contributed by atoms with Crippen LogP contribution in [-0.4, -0.2) is 29.8 Å². The van der Waals surface area contributed by atoms with Crippen molar-refractivity contribution in [1.29, 1.82) is 0 Å². The third-order valence-corrected chi connectivity index (χ3v) is 5.63. The Morgan fingerprint density at radius 1 is 1.07 bits per heavy atom. The van der Waals surface area contributed by atoms with Crippen LogP contribution in [0.25, 0.3) is 10.9 Å². The Morgan fingerprint density at radius 3 is 2.80 bits per heavy atom. The van der Waals surface area contributed by atoms with E-state index in [0.717, 1.165) is 30.2 Å². The number of nitrogens with one attached hydrogen (secondary N) is 2. The number of fused-ring (bicyclic) bond motifs is 4. The molecule has 2 aromatic carbocycles. The summed E-state index contributed by atoms with van der Waals surface area (Å²) in [5.74, 6) is 0.272. The van der Waals surface area contributed by atoms with Gasteiger partial charge in [0.25, 0.3) is 5.91 Å². The zero-order valence-corrected chi connectivity index (χ0v) is 16.6. The van der Waals surface area contributed by atoms with Gasteiger partial charge in [-0.05, 0) is 68.5 Å². The van der Waals surface area contributed by atoms with Gasteiger partial charge in [-0.3, -0.25) is 4.79 Å². The highest BCUT2D eigenvalue weighted by Gasteiger charge is 2.22. The van der Waals surface area contributed by atoms with Crippen molar-refractivity contribution in [1.82, 2.24) is 4.98 Å². The lowest BCUT2D eigenvalue weighted by Crippen LogP contribution is -2.30. The standard InChI is InChI=1S/C23H22N2O5/c1-13(22(26)24-15-7-9-20-21(11-15)29-12-28-20)30-23(27)14-6-8-19-17(10-14)16-4-2-3-5-18(16)25-19/h6-11,13,25H,2-5,12H2,1H3,(H,24,26)/t13-/m1/s1. The van der Waals surface area contributed by atoms with Gasteiger partial charge in [-0.25, -0.2) is 4.79 Å². The molecule has 1 aromatic heterocycles. The minimum Gasteiger partial charge on any atom is -0.454 e. The summed E-state index contributed by atoms with van der Waals surface area (Å²) in [6.45, 7) is 1.71. The maximum Gasteiger partial charge on any atom is 0.338 e. The molecule has 2 aliphatic rings. The number of ether oxygens (including phenoxy) is 3. The molecule has 2 heterocycles. The molecule has 0 radical (unpaired) electrons. The molecule has 0 saturated carbocycles. The Balaban J connectivity index is 1.28. The predicted molar refractivity (Wildman–Crippen MR) is 111 cm³/mol. The maximum absolute atomic E-state index is 12.7. The second-order valence-corrected chi connectivity index (χ2v) is 7.65. The van der Waals surface area contributed by atoms with Crippen LogP contribution in [0.15, 0.2) is 36.4 Å². The summed E-state index contributed by atoms with van der Waals surface area (Å²) in [6, 6.07) is 10.6.